The summed E-state index contributed by atoms with van der Waals surface area (Å²) in [5.41, 5.74) is 5.87. The third kappa shape index (κ3) is 1.56. The van der Waals surface area contributed by atoms with Crippen molar-refractivity contribution in [2.75, 3.05) is 12.3 Å². The molecular formula is C10H10INOS. The summed E-state index contributed by atoms with van der Waals surface area (Å²) < 4.78 is 7.86. The fraction of sp³-hybridized carbons (Fsp3) is 0.200. The van der Waals surface area contributed by atoms with Crippen LogP contribution >= 0.6 is 33.9 Å². The molecule has 2 nitrogen and oxygen atoms in total. The van der Waals surface area contributed by atoms with Crippen molar-refractivity contribution in [2.24, 2.45) is 0 Å². The maximum absolute atomic E-state index is 5.87. The van der Waals surface area contributed by atoms with Gasteiger partial charge in [0.25, 0.3) is 0 Å². The van der Waals surface area contributed by atoms with E-state index >= 15 is 0 Å². The highest BCUT2D eigenvalue weighted by Crippen LogP contribution is 2.39. The Hall–Kier alpha value is -0.490. The van der Waals surface area contributed by atoms with Gasteiger partial charge in [-0.25, -0.2) is 0 Å². The van der Waals surface area contributed by atoms with Gasteiger partial charge in [-0.1, -0.05) is 6.07 Å². The third-order valence-corrected chi connectivity index (χ3v) is 4.41. The van der Waals surface area contributed by atoms with E-state index in [2.05, 4.69) is 28.7 Å². The molecule has 14 heavy (non-hydrogen) atoms. The number of hydrogen-bond acceptors (Lipinski definition) is 3. The van der Waals surface area contributed by atoms with Crippen LogP contribution in [0.15, 0.2) is 18.2 Å². The molecule has 2 rings (SSSR count). The SMILES string of the molecule is CCOc1cccc2sc(N)c(I)c12. The molecule has 0 unspecified atom stereocenters. The molecule has 2 N–H and O–H groups in total. The van der Waals surface area contributed by atoms with Crippen LogP contribution in [0, 0.1) is 3.57 Å². The zero-order valence-electron chi connectivity index (χ0n) is 7.71. The number of rotatable bonds is 2. The van der Waals surface area contributed by atoms with Crippen LogP contribution in [0.25, 0.3) is 10.1 Å². The Morgan fingerprint density at radius 2 is 2.29 bits per heavy atom. The van der Waals surface area contributed by atoms with Crippen molar-refractivity contribution >= 4 is 49.0 Å². The molecule has 0 fully saturated rings. The normalized spacial score (nSPS) is 10.7. The molecule has 0 radical (unpaired) electrons. The van der Waals surface area contributed by atoms with E-state index in [1.54, 1.807) is 11.3 Å². The van der Waals surface area contributed by atoms with Crippen LogP contribution in [0.3, 0.4) is 0 Å². The van der Waals surface area contributed by atoms with E-state index in [-0.39, 0.29) is 0 Å². The van der Waals surface area contributed by atoms with Crippen molar-refractivity contribution < 1.29 is 4.74 Å². The van der Waals surface area contributed by atoms with Crippen molar-refractivity contribution in [1.29, 1.82) is 0 Å². The molecule has 0 saturated carbocycles. The molecule has 0 aliphatic heterocycles. The first-order valence-corrected chi connectivity index (χ1v) is 6.23. The maximum Gasteiger partial charge on any atom is 0.129 e. The second-order valence-electron chi connectivity index (χ2n) is 2.84. The molecule has 0 spiro atoms. The fourth-order valence-electron chi connectivity index (χ4n) is 1.37. The number of anilines is 1. The van der Waals surface area contributed by atoms with Gasteiger partial charge in [-0.2, -0.15) is 0 Å². The highest BCUT2D eigenvalue weighted by atomic mass is 127. The molecule has 0 aliphatic carbocycles. The van der Waals surface area contributed by atoms with Crippen LogP contribution in [0.4, 0.5) is 5.00 Å². The van der Waals surface area contributed by atoms with Gasteiger partial charge in [0.05, 0.1) is 15.6 Å². The van der Waals surface area contributed by atoms with E-state index in [0.717, 1.165) is 19.7 Å². The number of thiophene rings is 1. The molecule has 0 atom stereocenters. The smallest absolute Gasteiger partial charge is 0.129 e. The van der Waals surface area contributed by atoms with Gasteiger partial charge < -0.3 is 10.5 Å². The monoisotopic (exact) mass is 319 g/mol. The fourth-order valence-corrected chi connectivity index (χ4v) is 3.32. The van der Waals surface area contributed by atoms with Crippen LogP contribution < -0.4 is 10.5 Å². The zero-order valence-corrected chi connectivity index (χ0v) is 10.7. The predicted molar refractivity (Wildman–Crippen MR) is 70.1 cm³/mol. The Morgan fingerprint density at radius 3 is 3.00 bits per heavy atom. The van der Waals surface area contributed by atoms with Crippen molar-refractivity contribution in [3.8, 4) is 5.75 Å². The average Bonchev–Trinajstić information content (AvgIpc) is 2.45. The first kappa shape index (κ1) is 10.0. The Morgan fingerprint density at radius 1 is 1.50 bits per heavy atom. The quantitative estimate of drug-likeness (QED) is 0.860. The van der Waals surface area contributed by atoms with Gasteiger partial charge in [-0.05, 0) is 41.6 Å². The van der Waals surface area contributed by atoms with Crippen molar-refractivity contribution in [3.63, 3.8) is 0 Å². The van der Waals surface area contributed by atoms with Gasteiger partial charge in [0.2, 0.25) is 0 Å². The Balaban J connectivity index is 2.71. The van der Waals surface area contributed by atoms with Gasteiger partial charge in [-0.3, -0.25) is 0 Å². The van der Waals surface area contributed by atoms with E-state index in [1.165, 1.54) is 4.70 Å². The summed E-state index contributed by atoms with van der Waals surface area (Å²) in [5.74, 6) is 0.933. The summed E-state index contributed by atoms with van der Waals surface area (Å²) in [6, 6.07) is 6.06. The predicted octanol–water partition coefficient (Wildman–Crippen LogP) is 3.49. The second kappa shape index (κ2) is 3.94. The van der Waals surface area contributed by atoms with Crippen LogP contribution in [-0.2, 0) is 0 Å². The third-order valence-electron chi connectivity index (χ3n) is 1.94. The van der Waals surface area contributed by atoms with Crippen LogP contribution in [-0.4, -0.2) is 6.61 Å². The first-order chi connectivity index (χ1) is 6.74. The Labute approximate surface area is 100 Å². The van der Waals surface area contributed by atoms with Gasteiger partial charge in [0.15, 0.2) is 0 Å². The maximum atomic E-state index is 5.87. The molecule has 0 bridgehead atoms. The van der Waals surface area contributed by atoms with Crippen molar-refractivity contribution in [1.82, 2.24) is 0 Å². The lowest BCUT2D eigenvalue weighted by molar-refractivity contribution is 0.344. The number of nitrogens with two attached hydrogens (primary N) is 1. The van der Waals surface area contributed by atoms with E-state index in [9.17, 15) is 0 Å². The minimum atomic E-state index is 0.685. The Bertz CT molecular complexity index is 466. The number of nitrogen functional groups attached to an aromatic ring is 1. The van der Waals surface area contributed by atoms with Crippen molar-refractivity contribution in [2.45, 2.75) is 6.92 Å². The average molecular weight is 319 g/mol. The number of ether oxygens (including phenoxy) is 1. The lowest BCUT2D eigenvalue weighted by atomic mass is 10.2. The summed E-state index contributed by atoms with van der Waals surface area (Å²) in [5, 5.41) is 2.02. The minimum Gasteiger partial charge on any atom is -0.493 e. The molecule has 0 saturated heterocycles. The van der Waals surface area contributed by atoms with Gasteiger partial charge >= 0.3 is 0 Å². The van der Waals surface area contributed by atoms with Crippen LogP contribution in [0.1, 0.15) is 6.92 Å². The van der Waals surface area contributed by atoms with Gasteiger partial charge in [0, 0.05) is 4.70 Å². The summed E-state index contributed by atoms with van der Waals surface area (Å²) >= 11 is 3.88. The van der Waals surface area contributed by atoms with Crippen LogP contribution in [0.5, 0.6) is 5.75 Å². The number of fused-ring (bicyclic) bond motifs is 1. The Kier molecular flexibility index (Phi) is 2.83. The second-order valence-corrected chi connectivity index (χ2v) is 5.01. The van der Waals surface area contributed by atoms with Gasteiger partial charge in [0.1, 0.15) is 10.8 Å². The molecular weight excluding hydrogens is 309 g/mol. The summed E-state index contributed by atoms with van der Waals surface area (Å²) in [6.07, 6.45) is 0. The minimum absolute atomic E-state index is 0.685. The van der Waals surface area contributed by atoms with E-state index in [4.69, 9.17) is 10.5 Å². The molecule has 1 heterocycles. The molecule has 1 aromatic heterocycles. The van der Waals surface area contributed by atoms with E-state index in [1.807, 2.05) is 19.1 Å². The molecule has 0 aliphatic rings. The van der Waals surface area contributed by atoms with E-state index < -0.39 is 0 Å². The molecule has 4 heteroatoms. The van der Waals surface area contributed by atoms with E-state index in [0.29, 0.717) is 6.61 Å². The summed E-state index contributed by atoms with van der Waals surface area (Å²) in [7, 11) is 0. The molecule has 2 aromatic rings. The summed E-state index contributed by atoms with van der Waals surface area (Å²) in [4.78, 5) is 0. The lowest BCUT2D eigenvalue weighted by Gasteiger charge is -2.04. The highest BCUT2D eigenvalue weighted by Gasteiger charge is 2.11. The summed E-state index contributed by atoms with van der Waals surface area (Å²) in [6.45, 7) is 2.67. The zero-order chi connectivity index (χ0) is 10.1. The largest absolute Gasteiger partial charge is 0.493 e. The number of benzene rings is 1. The topological polar surface area (TPSA) is 35.2 Å². The van der Waals surface area contributed by atoms with Crippen LogP contribution in [0.2, 0.25) is 0 Å². The van der Waals surface area contributed by atoms with Crippen molar-refractivity contribution in [3.05, 3.63) is 21.8 Å². The number of hydrogen-bond donors (Lipinski definition) is 1. The first-order valence-electron chi connectivity index (χ1n) is 4.33. The molecule has 1 aromatic carbocycles. The molecule has 74 valence electrons. The lowest BCUT2D eigenvalue weighted by Crippen LogP contribution is -1.92. The molecule has 0 amide bonds. The number of halogens is 1. The standard InChI is InChI=1S/C10H10INOS/c1-2-13-6-4-3-5-7-8(6)9(11)10(12)14-7/h3-5H,2,12H2,1H3. The van der Waals surface area contributed by atoms with Gasteiger partial charge in [-0.15, -0.1) is 11.3 Å². The highest BCUT2D eigenvalue weighted by molar-refractivity contribution is 14.1.